The first-order chi connectivity index (χ1) is 7.16. The normalized spacial score (nSPS) is 13.4. The standard InChI is InChI=1S/C12H27NO2/c1-4-5-6-7-8-12(14)11-15-10-9-13(2)3/h12,14H,4-11H2,1-3H3. The third-order valence-corrected chi connectivity index (χ3v) is 2.38. The molecule has 0 saturated heterocycles. The highest BCUT2D eigenvalue weighted by molar-refractivity contribution is 4.54. The molecule has 92 valence electrons. The van der Waals surface area contributed by atoms with E-state index >= 15 is 0 Å². The molecule has 1 atom stereocenters. The summed E-state index contributed by atoms with van der Waals surface area (Å²) >= 11 is 0. The molecule has 0 heterocycles. The van der Waals surface area contributed by atoms with Gasteiger partial charge in [-0.25, -0.2) is 0 Å². The van der Waals surface area contributed by atoms with Crippen LogP contribution in [-0.2, 0) is 4.74 Å². The Morgan fingerprint density at radius 2 is 1.93 bits per heavy atom. The molecule has 0 radical (unpaired) electrons. The Kier molecular flexibility index (Phi) is 10.3. The Labute approximate surface area is 94.4 Å². The molecule has 0 aliphatic heterocycles. The number of aliphatic hydroxyl groups excluding tert-OH is 1. The second-order valence-electron chi connectivity index (χ2n) is 4.38. The molecule has 1 unspecified atom stereocenters. The zero-order chi connectivity index (χ0) is 11.5. The molecule has 3 heteroatoms. The molecule has 15 heavy (non-hydrogen) atoms. The monoisotopic (exact) mass is 217 g/mol. The third kappa shape index (κ3) is 11.8. The van der Waals surface area contributed by atoms with Crippen molar-refractivity contribution in [3.8, 4) is 0 Å². The third-order valence-electron chi connectivity index (χ3n) is 2.38. The Hall–Kier alpha value is -0.120. The Bertz CT molecular complexity index is 129. The fourth-order valence-electron chi connectivity index (χ4n) is 1.36. The molecule has 3 nitrogen and oxygen atoms in total. The van der Waals surface area contributed by atoms with Gasteiger partial charge in [-0.3, -0.25) is 0 Å². The first kappa shape index (κ1) is 14.9. The van der Waals surface area contributed by atoms with Gasteiger partial charge < -0.3 is 14.7 Å². The van der Waals surface area contributed by atoms with Crippen molar-refractivity contribution in [3.63, 3.8) is 0 Å². The average molecular weight is 217 g/mol. The summed E-state index contributed by atoms with van der Waals surface area (Å²) in [6.45, 7) is 4.31. The van der Waals surface area contributed by atoms with Crippen molar-refractivity contribution in [2.24, 2.45) is 0 Å². The maximum atomic E-state index is 9.58. The van der Waals surface area contributed by atoms with Crippen molar-refractivity contribution in [2.45, 2.75) is 45.1 Å². The van der Waals surface area contributed by atoms with Gasteiger partial charge in [0.25, 0.3) is 0 Å². The Morgan fingerprint density at radius 1 is 1.20 bits per heavy atom. The van der Waals surface area contributed by atoms with Gasteiger partial charge in [-0.2, -0.15) is 0 Å². The zero-order valence-corrected chi connectivity index (χ0v) is 10.5. The average Bonchev–Trinajstić information content (AvgIpc) is 2.19. The maximum Gasteiger partial charge on any atom is 0.0773 e. The SMILES string of the molecule is CCCCCCC(O)COCCN(C)C. The molecule has 0 saturated carbocycles. The topological polar surface area (TPSA) is 32.7 Å². The second kappa shape index (κ2) is 10.4. The molecular weight excluding hydrogens is 190 g/mol. The number of hydrogen-bond donors (Lipinski definition) is 1. The molecule has 1 N–H and O–H groups in total. The summed E-state index contributed by atoms with van der Waals surface area (Å²) in [5.74, 6) is 0. The summed E-state index contributed by atoms with van der Waals surface area (Å²) in [4.78, 5) is 2.08. The van der Waals surface area contributed by atoms with E-state index in [4.69, 9.17) is 4.74 Å². The lowest BCUT2D eigenvalue weighted by Gasteiger charge is -2.13. The number of hydrogen-bond acceptors (Lipinski definition) is 3. The van der Waals surface area contributed by atoms with Crippen LogP contribution in [0.3, 0.4) is 0 Å². The quantitative estimate of drug-likeness (QED) is 0.567. The lowest BCUT2D eigenvalue weighted by molar-refractivity contribution is 0.0263. The van der Waals surface area contributed by atoms with Gasteiger partial charge in [0.1, 0.15) is 0 Å². The first-order valence-electron chi connectivity index (χ1n) is 6.07. The molecule has 0 aliphatic carbocycles. The molecule has 0 aliphatic rings. The van der Waals surface area contributed by atoms with Crippen LogP contribution in [-0.4, -0.2) is 50.0 Å². The van der Waals surface area contributed by atoms with Crippen LogP contribution < -0.4 is 0 Å². The summed E-state index contributed by atoms with van der Waals surface area (Å²) < 4.78 is 5.37. The Balaban J connectivity index is 3.15. The van der Waals surface area contributed by atoms with Gasteiger partial charge in [0, 0.05) is 6.54 Å². The molecule has 0 bridgehead atoms. The number of ether oxygens (including phenoxy) is 1. The molecule has 0 aromatic carbocycles. The van der Waals surface area contributed by atoms with E-state index in [0.29, 0.717) is 13.2 Å². The summed E-state index contributed by atoms with van der Waals surface area (Å²) in [6, 6.07) is 0. The van der Waals surface area contributed by atoms with Crippen molar-refractivity contribution in [2.75, 3.05) is 33.9 Å². The molecule has 0 rings (SSSR count). The van der Waals surface area contributed by atoms with E-state index in [1.54, 1.807) is 0 Å². The van der Waals surface area contributed by atoms with Crippen LogP contribution in [0.15, 0.2) is 0 Å². The highest BCUT2D eigenvalue weighted by Crippen LogP contribution is 2.05. The van der Waals surface area contributed by atoms with E-state index in [9.17, 15) is 5.11 Å². The summed E-state index contributed by atoms with van der Waals surface area (Å²) in [5, 5.41) is 9.58. The predicted molar refractivity (Wildman–Crippen MR) is 64.1 cm³/mol. The van der Waals surface area contributed by atoms with Crippen molar-refractivity contribution in [1.29, 1.82) is 0 Å². The highest BCUT2D eigenvalue weighted by Gasteiger charge is 2.03. The van der Waals surface area contributed by atoms with Gasteiger partial charge in [-0.05, 0) is 20.5 Å². The van der Waals surface area contributed by atoms with Crippen LogP contribution in [0, 0.1) is 0 Å². The van der Waals surface area contributed by atoms with Gasteiger partial charge >= 0.3 is 0 Å². The van der Waals surface area contributed by atoms with E-state index in [2.05, 4.69) is 11.8 Å². The van der Waals surface area contributed by atoms with E-state index in [0.717, 1.165) is 19.4 Å². The van der Waals surface area contributed by atoms with Gasteiger partial charge in [0.15, 0.2) is 0 Å². The lowest BCUT2D eigenvalue weighted by atomic mass is 10.1. The van der Waals surface area contributed by atoms with E-state index in [1.807, 2.05) is 14.1 Å². The fourth-order valence-corrected chi connectivity index (χ4v) is 1.36. The number of nitrogens with zero attached hydrogens (tertiary/aromatic N) is 1. The number of likely N-dealkylation sites (N-methyl/N-ethyl adjacent to an activating group) is 1. The minimum Gasteiger partial charge on any atom is -0.391 e. The van der Waals surface area contributed by atoms with Gasteiger partial charge in [-0.1, -0.05) is 32.6 Å². The summed E-state index contributed by atoms with van der Waals surface area (Å²) in [5.41, 5.74) is 0. The first-order valence-corrected chi connectivity index (χ1v) is 6.07. The van der Waals surface area contributed by atoms with Gasteiger partial charge in [-0.15, -0.1) is 0 Å². The van der Waals surface area contributed by atoms with Crippen LogP contribution in [0.1, 0.15) is 39.0 Å². The van der Waals surface area contributed by atoms with Crippen LogP contribution >= 0.6 is 0 Å². The minimum atomic E-state index is -0.274. The number of aliphatic hydroxyl groups is 1. The number of rotatable bonds is 10. The molecule has 0 aromatic heterocycles. The van der Waals surface area contributed by atoms with E-state index in [1.165, 1.54) is 19.3 Å². The van der Waals surface area contributed by atoms with Crippen LogP contribution in [0.5, 0.6) is 0 Å². The van der Waals surface area contributed by atoms with E-state index in [-0.39, 0.29) is 6.10 Å². The Morgan fingerprint density at radius 3 is 2.53 bits per heavy atom. The van der Waals surface area contributed by atoms with Crippen LogP contribution in [0.2, 0.25) is 0 Å². The second-order valence-corrected chi connectivity index (χ2v) is 4.38. The van der Waals surface area contributed by atoms with Crippen molar-refractivity contribution < 1.29 is 9.84 Å². The predicted octanol–water partition coefficient (Wildman–Crippen LogP) is 1.90. The van der Waals surface area contributed by atoms with Crippen LogP contribution in [0.25, 0.3) is 0 Å². The highest BCUT2D eigenvalue weighted by atomic mass is 16.5. The molecule has 0 aromatic rings. The minimum absolute atomic E-state index is 0.274. The summed E-state index contributed by atoms with van der Waals surface area (Å²) in [7, 11) is 4.04. The smallest absolute Gasteiger partial charge is 0.0773 e. The van der Waals surface area contributed by atoms with Gasteiger partial charge in [0.2, 0.25) is 0 Å². The van der Waals surface area contributed by atoms with Crippen molar-refractivity contribution >= 4 is 0 Å². The molecule has 0 fully saturated rings. The largest absolute Gasteiger partial charge is 0.391 e. The van der Waals surface area contributed by atoms with Crippen molar-refractivity contribution in [1.82, 2.24) is 4.90 Å². The van der Waals surface area contributed by atoms with E-state index < -0.39 is 0 Å². The van der Waals surface area contributed by atoms with Crippen LogP contribution in [0.4, 0.5) is 0 Å². The number of unbranched alkanes of at least 4 members (excludes halogenated alkanes) is 3. The summed E-state index contributed by atoms with van der Waals surface area (Å²) in [6.07, 6.45) is 5.46. The van der Waals surface area contributed by atoms with Crippen molar-refractivity contribution in [3.05, 3.63) is 0 Å². The fraction of sp³-hybridized carbons (Fsp3) is 1.00. The molecule has 0 spiro atoms. The maximum absolute atomic E-state index is 9.58. The lowest BCUT2D eigenvalue weighted by Crippen LogP contribution is -2.22. The molecular formula is C12H27NO2. The zero-order valence-electron chi connectivity index (χ0n) is 10.5. The molecule has 0 amide bonds. The van der Waals surface area contributed by atoms with Gasteiger partial charge in [0.05, 0.1) is 19.3 Å².